The van der Waals surface area contributed by atoms with Crippen LogP contribution < -0.4 is 5.32 Å². The van der Waals surface area contributed by atoms with Crippen LogP contribution in [0.25, 0.3) is 0 Å². The summed E-state index contributed by atoms with van der Waals surface area (Å²) < 4.78 is 1.72. The van der Waals surface area contributed by atoms with E-state index in [0.29, 0.717) is 18.1 Å². The number of rotatable bonds is 4. The van der Waals surface area contributed by atoms with E-state index in [1.807, 2.05) is 0 Å². The summed E-state index contributed by atoms with van der Waals surface area (Å²) >= 11 is 5.73. The van der Waals surface area contributed by atoms with Crippen LogP contribution >= 0.6 is 11.6 Å². The summed E-state index contributed by atoms with van der Waals surface area (Å²) in [6.45, 7) is 1.24. The Balaban J connectivity index is 1.69. The second kappa shape index (κ2) is 5.16. The minimum atomic E-state index is 0.126. The number of halogens is 1. The molecule has 0 aromatic carbocycles. The maximum Gasteiger partial charge on any atom is 0.223 e. The van der Waals surface area contributed by atoms with E-state index in [-0.39, 0.29) is 11.8 Å². The van der Waals surface area contributed by atoms with E-state index < -0.39 is 0 Å². The van der Waals surface area contributed by atoms with Gasteiger partial charge in [0.15, 0.2) is 0 Å². The molecule has 0 bridgehead atoms. The van der Waals surface area contributed by atoms with Crippen molar-refractivity contribution < 1.29 is 4.79 Å². The van der Waals surface area contributed by atoms with Crippen LogP contribution in [0.2, 0.25) is 5.02 Å². The molecule has 1 heterocycles. The third-order valence-corrected chi connectivity index (χ3v) is 2.82. The Morgan fingerprint density at radius 3 is 2.94 bits per heavy atom. The van der Waals surface area contributed by atoms with Crippen LogP contribution in [0.4, 0.5) is 0 Å². The Hall–Kier alpha value is -1.29. The first kappa shape index (κ1) is 11.2. The van der Waals surface area contributed by atoms with Gasteiger partial charge >= 0.3 is 0 Å². The topological polar surface area (TPSA) is 46.9 Å². The average Bonchev–Trinajstić information content (AvgIpc) is 2.89. The van der Waals surface area contributed by atoms with Gasteiger partial charge in [0, 0.05) is 18.7 Å². The Kier molecular flexibility index (Phi) is 3.62. The predicted octanol–water partition coefficient (Wildman–Crippen LogP) is 1.62. The van der Waals surface area contributed by atoms with E-state index >= 15 is 0 Å². The molecule has 1 aromatic heterocycles. The zero-order valence-corrected chi connectivity index (χ0v) is 9.65. The van der Waals surface area contributed by atoms with Crippen molar-refractivity contribution >= 4 is 17.5 Å². The summed E-state index contributed by atoms with van der Waals surface area (Å²) in [6.07, 6.45) is 9.16. The fraction of sp³-hybridized carbons (Fsp3) is 0.455. The number of hydrogen-bond donors (Lipinski definition) is 1. The summed E-state index contributed by atoms with van der Waals surface area (Å²) in [7, 11) is 0. The van der Waals surface area contributed by atoms with Crippen molar-refractivity contribution in [2.24, 2.45) is 5.92 Å². The predicted molar refractivity (Wildman–Crippen MR) is 62.1 cm³/mol. The average molecular weight is 240 g/mol. The van der Waals surface area contributed by atoms with Gasteiger partial charge in [0.05, 0.1) is 17.8 Å². The highest BCUT2D eigenvalue weighted by Crippen LogP contribution is 2.17. The van der Waals surface area contributed by atoms with Gasteiger partial charge in [-0.05, 0) is 12.8 Å². The second-order valence-electron chi connectivity index (χ2n) is 3.85. The van der Waals surface area contributed by atoms with E-state index in [1.54, 1.807) is 17.1 Å². The molecular formula is C11H14ClN3O. The summed E-state index contributed by atoms with van der Waals surface area (Å²) in [4.78, 5) is 11.6. The molecule has 0 saturated heterocycles. The monoisotopic (exact) mass is 239 g/mol. The molecule has 86 valence electrons. The van der Waals surface area contributed by atoms with Crippen molar-refractivity contribution in [2.45, 2.75) is 19.4 Å². The Bertz CT molecular complexity index is 392. The Labute approximate surface area is 99.3 Å². The quantitative estimate of drug-likeness (QED) is 0.812. The number of hydrogen-bond acceptors (Lipinski definition) is 2. The molecule has 1 aliphatic carbocycles. The van der Waals surface area contributed by atoms with E-state index in [4.69, 9.17) is 11.6 Å². The zero-order valence-electron chi connectivity index (χ0n) is 8.90. The minimum Gasteiger partial charge on any atom is -0.354 e. The van der Waals surface area contributed by atoms with Crippen LogP contribution in [0.3, 0.4) is 0 Å². The first-order valence-corrected chi connectivity index (χ1v) is 5.74. The van der Waals surface area contributed by atoms with Crippen LogP contribution in [0.5, 0.6) is 0 Å². The minimum absolute atomic E-state index is 0.126. The fourth-order valence-electron chi connectivity index (χ4n) is 1.73. The number of nitrogens with one attached hydrogen (secondary N) is 1. The fourth-order valence-corrected chi connectivity index (χ4v) is 1.89. The highest BCUT2D eigenvalue weighted by Gasteiger charge is 2.18. The normalized spacial score (nSPS) is 15.6. The van der Waals surface area contributed by atoms with Crippen molar-refractivity contribution in [3.05, 3.63) is 29.6 Å². The molecule has 1 aliphatic rings. The Morgan fingerprint density at radius 1 is 1.56 bits per heavy atom. The maximum atomic E-state index is 11.6. The number of aromatic nitrogens is 2. The van der Waals surface area contributed by atoms with E-state index in [9.17, 15) is 4.79 Å². The first-order chi connectivity index (χ1) is 7.75. The molecule has 0 atom stereocenters. The molecule has 0 spiro atoms. The second-order valence-corrected chi connectivity index (χ2v) is 4.29. The standard InChI is InChI=1S/C11H14ClN3O/c12-10-7-14-15(8-10)6-5-13-11(16)9-3-1-2-4-9/h1-2,7-9H,3-6H2,(H,13,16). The molecule has 2 rings (SSSR count). The van der Waals surface area contributed by atoms with E-state index in [0.717, 1.165) is 12.8 Å². The smallest absolute Gasteiger partial charge is 0.223 e. The number of carbonyl (C=O) groups excluding carboxylic acids is 1. The summed E-state index contributed by atoms with van der Waals surface area (Å²) in [5, 5.41) is 7.55. The van der Waals surface area contributed by atoms with Crippen molar-refractivity contribution in [3.8, 4) is 0 Å². The van der Waals surface area contributed by atoms with Gasteiger partial charge in [0.1, 0.15) is 0 Å². The molecule has 4 nitrogen and oxygen atoms in total. The van der Waals surface area contributed by atoms with Crippen LogP contribution in [-0.4, -0.2) is 22.2 Å². The van der Waals surface area contributed by atoms with Gasteiger partial charge in [-0.25, -0.2) is 0 Å². The largest absolute Gasteiger partial charge is 0.354 e. The van der Waals surface area contributed by atoms with Crippen LogP contribution in [0.15, 0.2) is 24.5 Å². The lowest BCUT2D eigenvalue weighted by Gasteiger charge is -2.10. The highest BCUT2D eigenvalue weighted by atomic mass is 35.5. The number of carbonyl (C=O) groups is 1. The molecule has 16 heavy (non-hydrogen) atoms. The summed E-state index contributed by atoms with van der Waals surface area (Å²) in [5.41, 5.74) is 0. The lowest BCUT2D eigenvalue weighted by Crippen LogP contribution is -2.32. The van der Waals surface area contributed by atoms with Gasteiger partial charge in [0.2, 0.25) is 5.91 Å². The third-order valence-electron chi connectivity index (χ3n) is 2.62. The zero-order chi connectivity index (χ0) is 11.4. The highest BCUT2D eigenvalue weighted by molar-refractivity contribution is 6.30. The van der Waals surface area contributed by atoms with Gasteiger partial charge in [0.25, 0.3) is 0 Å². The van der Waals surface area contributed by atoms with Crippen molar-refractivity contribution in [2.75, 3.05) is 6.54 Å². The summed E-state index contributed by atoms with van der Waals surface area (Å²) in [5.74, 6) is 0.254. The lowest BCUT2D eigenvalue weighted by molar-refractivity contribution is -0.124. The molecule has 1 aromatic rings. The number of amides is 1. The molecule has 0 unspecified atom stereocenters. The third kappa shape index (κ3) is 2.85. The van der Waals surface area contributed by atoms with Crippen molar-refractivity contribution in [1.29, 1.82) is 0 Å². The lowest BCUT2D eigenvalue weighted by atomic mass is 10.1. The molecule has 0 radical (unpaired) electrons. The molecule has 1 N–H and O–H groups in total. The first-order valence-electron chi connectivity index (χ1n) is 5.36. The summed E-state index contributed by atoms with van der Waals surface area (Å²) in [6, 6.07) is 0. The van der Waals surface area contributed by atoms with Gasteiger partial charge in [-0.2, -0.15) is 5.10 Å². The van der Waals surface area contributed by atoms with E-state index in [1.165, 1.54) is 0 Å². The van der Waals surface area contributed by atoms with Gasteiger partial charge in [-0.1, -0.05) is 23.8 Å². The molecular weight excluding hydrogens is 226 g/mol. The molecule has 1 amide bonds. The van der Waals surface area contributed by atoms with Crippen LogP contribution in [0, 0.1) is 5.92 Å². The molecule has 5 heteroatoms. The van der Waals surface area contributed by atoms with Gasteiger partial charge in [-0.3, -0.25) is 9.48 Å². The maximum absolute atomic E-state index is 11.6. The SMILES string of the molecule is O=C(NCCn1cc(Cl)cn1)C1CC=CC1. The van der Waals surface area contributed by atoms with Crippen LogP contribution in [-0.2, 0) is 11.3 Å². The molecule has 0 fully saturated rings. The van der Waals surface area contributed by atoms with Gasteiger partial charge < -0.3 is 5.32 Å². The number of allylic oxidation sites excluding steroid dienone is 2. The van der Waals surface area contributed by atoms with E-state index in [2.05, 4.69) is 22.6 Å². The molecule has 0 saturated carbocycles. The number of nitrogens with zero attached hydrogens (tertiary/aromatic N) is 2. The van der Waals surface area contributed by atoms with Crippen molar-refractivity contribution in [1.82, 2.24) is 15.1 Å². The Morgan fingerprint density at radius 2 is 2.31 bits per heavy atom. The van der Waals surface area contributed by atoms with Crippen molar-refractivity contribution in [3.63, 3.8) is 0 Å². The molecule has 0 aliphatic heterocycles. The van der Waals surface area contributed by atoms with Gasteiger partial charge in [-0.15, -0.1) is 0 Å². The van der Waals surface area contributed by atoms with Crippen LogP contribution in [0.1, 0.15) is 12.8 Å².